The molecule has 5 atom stereocenters. The van der Waals surface area contributed by atoms with Gasteiger partial charge in [0.2, 0.25) is 5.91 Å². The highest BCUT2D eigenvalue weighted by Gasteiger charge is 2.72. The van der Waals surface area contributed by atoms with Crippen molar-refractivity contribution in [1.29, 1.82) is 0 Å². The van der Waals surface area contributed by atoms with Crippen LogP contribution in [0.25, 0.3) is 0 Å². The van der Waals surface area contributed by atoms with Crippen molar-refractivity contribution in [3.05, 3.63) is 63.4 Å². The molecule has 2 aromatic rings. The van der Waals surface area contributed by atoms with Gasteiger partial charge in [0.15, 0.2) is 0 Å². The Labute approximate surface area is 272 Å². The summed E-state index contributed by atoms with van der Waals surface area (Å²) in [4.78, 5) is 45.5. The molecule has 0 radical (unpaired) electrons. The van der Waals surface area contributed by atoms with Crippen molar-refractivity contribution in [3.8, 4) is 0 Å². The number of anilines is 1. The number of hydrogen-bond acceptors (Lipinski definition) is 6. The molecular formula is C35H37Cl2FN2O5. The zero-order valence-corrected chi connectivity index (χ0v) is 27.0. The number of ketones is 1. The molecule has 2 aromatic carbocycles. The predicted molar refractivity (Wildman–Crippen MR) is 169 cm³/mol. The maximum absolute atomic E-state index is 16.2. The molecule has 0 aromatic heterocycles. The van der Waals surface area contributed by atoms with E-state index in [4.69, 9.17) is 32.8 Å². The van der Waals surface area contributed by atoms with Crippen molar-refractivity contribution in [2.24, 2.45) is 27.8 Å². The van der Waals surface area contributed by atoms with E-state index in [9.17, 15) is 14.4 Å². The fraction of sp³-hybridized carbons (Fsp3) is 0.543. The first-order valence-electron chi connectivity index (χ1n) is 15.9. The number of carbonyl (C=O) groups excluding carboxylic acids is 3. The second-order valence-corrected chi connectivity index (χ2v) is 15.3. The highest BCUT2D eigenvalue weighted by molar-refractivity contribution is 6.31. The molecule has 2 spiro atoms. The van der Waals surface area contributed by atoms with E-state index in [1.165, 1.54) is 6.07 Å². The Kier molecular flexibility index (Phi) is 7.65. The van der Waals surface area contributed by atoms with Gasteiger partial charge in [-0.15, -0.1) is 0 Å². The number of ether oxygens (including phenoxy) is 1. The largest absolute Gasteiger partial charge is 0.372 e. The Balaban J connectivity index is 1.29. The highest BCUT2D eigenvalue weighted by atomic mass is 35.5. The summed E-state index contributed by atoms with van der Waals surface area (Å²) in [7, 11) is 0. The first-order valence-corrected chi connectivity index (χ1v) is 16.7. The van der Waals surface area contributed by atoms with Gasteiger partial charge in [-0.3, -0.25) is 9.59 Å². The fourth-order valence-corrected chi connectivity index (χ4v) is 9.50. The molecule has 2 saturated carbocycles. The fourth-order valence-electron chi connectivity index (χ4n) is 9.15. The standard InChI is InChI=1S/C35H37Cl2FN2O5/c1-33(2)10-12-34(13-11-33)17-22(27(41)14-19-6-9-28(44-18-19)26-16-29(42)45-40-26)30(21-4-3-5-24(37)31(21)38)35(34)23-8-7-20(36)15-25(23)39-32(35)43/h3-5,7-8,15,19,22,28,30H,6,9-14,16-18H2,1-2H3,(H,39,43)/t19-,22-,28-,30-,35+/m0/s1. The van der Waals surface area contributed by atoms with Gasteiger partial charge in [0, 0.05) is 29.0 Å². The molecule has 1 N–H and O–H groups in total. The molecule has 2 aliphatic carbocycles. The number of fused-ring (bicyclic) bond motifs is 3. The van der Waals surface area contributed by atoms with Crippen LogP contribution in [0, 0.1) is 28.5 Å². The smallest absolute Gasteiger partial charge is 0.340 e. The van der Waals surface area contributed by atoms with Crippen LogP contribution in [0.15, 0.2) is 41.6 Å². The van der Waals surface area contributed by atoms with Crippen molar-refractivity contribution in [3.63, 3.8) is 0 Å². The van der Waals surface area contributed by atoms with Gasteiger partial charge in [-0.1, -0.05) is 60.4 Å². The predicted octanol–water partition coefficient (Wildman–Crippen LogP) is 7.77. The molecule has 3 aliphatic heterocycles. The maximum atomic E-state index is 16.2. The summed E-state index contributed by atoms with van der Waals surface area (Å²) in [5.41, 5.74) is 0.675. The molecule has 0 bridgehead atoms. The number of rotatable bonds is 5. The Hall–Kier alpha value is -2.81. The van der Waals surface area contributed by atoms with Crippen molar-refractivity contribution in [2.75, 3.05) is 11.9 Å². The van der Waals surface area contributed by atoms with Crippen LogP contribution < -0.4 is 5.32 Å². The summed E-state index contributed by atoms with van der Waals surface area (Å²) in [6, 6.07) is 10.3. The molecule has 3 fully saturated rings. The molecule has 10 heteroatoms. The van der Waals surface area contributed by atoms with E-state index in [1.807, 2.05) is 6.07 Å². The van der Waals surface area contributed by atoms with Gasteiger partial charge in [0.25, 0.3) is 0 Å². The number of nitrogens with one attached hydrogen (secondary N) is 1. The number of Topliss-reactive ketones (excluding diaryl/α,β-unsaturated/α-hetero) is 1. The van der Waals surface area contributed by atoms with E-state index >= 15 is 4.39 Å². The van der Waals surface area contributed by atoms with Gasteiger partial charge in [0.1, 0.15) is 11.6 Å². The molecule has 7 nitrogen and oxygen atoms in total. The van der Waals surface area contributed by atoms with Crippen LogP contribution >= 0.6 is 23.2 Å². The lowest BCUT2D eigenvalue weighted by Crippen LogP contribution is -2.52. The topological polar surface area (TPSA) is 94.1 Å². The third-order valence-corrected chi connectivity index (χ3v) is 12.0. The van der Waals surface area contributed by atoms with Gasteiger partial charge in [-0.25, -0.2) is 9.18 Å². The highest BCUT2D eigenvalue weighted by Crippen LogP contribution is 2.72. The first-order chi connectivity index (χ1) is 21.4. The monoisotopic (exact) mass is 654 g/mol. The van der Waals surface area contributed by atoms with Gasteiger partial charge < -0.3 is 14.9 Å². The van der Waals surface area contributed by atoms with Crippen molar-refractivity contribution >= 4 is 52.3 Å². The Morgan fingerprint density at radius 2 is 1.87 bits per heavy atom. The molecular weight excluding hydrogens is 618 g/mol. The summed E-state index contributed by atoms with van der Waals surface area (Å²) < 4.78 is 22.3. The van der Waals surface area contributed by atoms with E-state index in [0.717, 1.165) is 37.7 Å². The van der Waals surface area contributed by atoms with Crippen molar-refractivity contribution in [1.82, 2.24) is 0 Å². The number of hydrogen-bond donors (Lipinski definition) is 1. The van der Waals surface area contributed by atoms with Crippen LogP contribution in [0.2, 0.25) is 10.0 Å². The van der Waals surface area contributed by atoms with Crippen LogP contribution in [-0.4, -0.2) is 36.1 Å². The molecule has 1 saturated heterocycles. The Morgan fingerprint density at radius 1 is 1.09 bits per heavy atom. The molecule has 238 valence electrons. The summed E-state index contributed by atoms with van der Waals surface area (Å²) >= 11 is 12.8. The van der Waals surface area contributed by atoms with Crippen molar-refractivity contribution < 1.29 is 28.3 Å². The lowest BCUT2D eigenvalue weighted by Gasteiger charge is -2.51. The summed E-state index contributed by atoms with van der Waals surface area (Å²) in [5, 5.41) is 7.45. The minimum atomic E-state index is -1.17. The van der Waals surface area contributed by atoms with Gasteiger partial charge >= 0.3 is 5.97 Å². The van der Waals surface area contributed by atoms with E-state index in [0.29, 0.717) is 41.4 Å². The van der Waals surface area contributed by atoms with Gasteiger partial charge in [-0.05, 0) is 91.0 Å². The molecule has 7 rings (SSSR count). The second-order valence-electron chi connectivity index (χ2n) is 14.5. The lowest BCUT2D eigenvalue weighted by molar-refractivity contribution is -0.140. The van der Waals surface area contributed by atoms with Crippen LogP contribution in [0.5, 0.6) is 0 Å². The van der Waals surface area contributed by atoms with E-state index in [2.05, 4.69) is 24.3 Å². The maximum Gasteiger partial charge on any atom is 0.340 e. The minimum absolute atomic E-state index is 0.0134. The second kappa shape index (κ2) is 11.2. The molecule has 1 amide bonds. The average Bonchev–Trinajstić information content (AvgIpc) is 3.65. The average molecular weight is 656 g/mol. The van der Waals surface area contributed by atoms with Crippen LogP contribution in [0.3, 0.4) is 0 Å². The lowest BCUT2D eigenvalue weighted by atomic mass is 9.51. The number of benzene rings is 2. The van der Waals surface area contributed by atoms with E-state index in [-0.39, 0.29) is 53.0 Å². The molecule has 5 aliphatic rings. The zero-order chi connectivity index (χ0) is 31.7. The zero-order valence-electron chi connectivity index (χ0n) is 25.5. The molecule has 45 heavy (non-hydrogen) atoms. The van der Waals surface area contributed by atoms with E-state index in [1.54, 1.807) is 24.3 Å². The molecule has 0 unspecified atom stereocenters. The minimum Gasteiger partial charge on any atom is -0.372 e. The summed E-state index contributed by atoms with van der Waals surface area (Å²) in [6.45, 7) is 4.84. The molecule has 3 heterocycles. The van der Waals surface area contributed by atoms with E-state index < -0.39 is 28.5 Å². The summed E-state index contributed by atoms with van der Waals surface area (Å²) in [5.74, 6) is -2.55. The third kappa shape index (κ3) is 4.94. The van der Waals surface area contributed by atoms with Gasteiger partial charge in [-0.2, -0.15) is 0 Å². The normalized spacial score (nSPS) is 31.5. The first kappa shape index (κ1) is 30.8. The number of halogens is 3. The third-order valence-electron chi connectivity index (χ3n) is 11.4. The number of amides is 1. The van der Waals surface area contributed by atoms with Gasteiger partial charge in [0.05, 0.1) is 35.3 Å². The quantitative estimate of drug-likeness (QED) is 0.332. The van der Waals surface area contributed by atoms with Crippen LogP contribution in [0.4, 0.5) is 10.1 Å². The van der Waals surface area contributed by atoms with Crippen LogP contribution in [-0.2, 0) is 29.4 Å². The van der Waals surface area contributed by atoms with Crippen LogP contribution in [0.1, 0.15) is 88.7 Å². The number of oxime groups is 1. The van der Waals surface area contributed by atoms with Crippen molar-refractivity contribution in [2.45, 2.75) is 89.1 Å². The summed E-state index contributed by atoms with van der Waals surface area (Å²) in [6.07, 6.45) is 5.19. The SMILES string of the molecule is CC1(C)CCC2(CC1)C[C@@H](C(=O)C[C@@H]1CC[C@@H](C3=NOC(=O)C3)OC1)[C@H](c1cccc(Cl)c1F)[C@]21C(=O)Nc2cc(Cl)ccc21. The Morgan fingerprint density at radius 3 is 2.56 bits per heavy atom. The Bertz CT molecular complexity index is 1610. The number of carbonyl (C=O) groups is 3. The number of nitrogens with zero attached hydrogens (tertiary/aromatic N) is 1.